The summed E-state index contributed by atoms with van der Waals surface area (Å²) in [7, 11) is -0.116. The minimum Gasteiger partial charge on any atom is -0.497 e. The molecule has 5 rings (SSSR count). The van der Waals surface area contributed by atoms with Gasteiger partial charge in [-0.25, -0.2) is 13.1 Å². The Morgan fingerprint density at radius 2 is 1.77 bits per heavy atom. The number of hydrogen-bond acceptors (Lipinski definition) is 5. The van der Waals surface area contributed by atoms with Crippen LogP contribution in [0.4, 0.5) is 0 Å². The Morgan fingerprint density at radius 3 is 2.44 bits per heavy atom. The number of aromatic nitrogens is 1. The summed E-state index contributed by atoms with van der Waals surface area (Å²) in [5.41, 5.74) is 2.88. The number of aryl methyl sites for hydroxylation is 1. The lowest BCUT2D eigenvalue weighted by Gasteiger charge is -2.41. The van der Waals surface area contributed by atoms with Gasteiger partial charge in [-0.05, 0) is 79.6 Å². The van der Waals surface area contributed by atoms with Crippen molar-refractivity contribution in [3.8, 4) is 17.0 Å². The van der Waals surface area contributed by atoms with Crippen LogP contribution in [0, 0.1) is 11.8 Å². The maximum Gasteiger partial charge on any atom is 0.240 e. The Labute approximate surface area is 231 Å². The minimum atomic E-state index is -3.70. The van der Waals surface area contributed by atoms with Gasteiger partial charge in [0.2, 0.25) is 15.9 Å². The monoisotopic (exact) mass is 553 g/mol. The van der Waals surface area contributed by atoms with Crippen molar-refractivity contribution in [3.05, 3.63) is 48.5 Å². The average molecular weight is 554 g/mol. The zero-order chi connectivity index (χ0) is 27.7. The van der Waals surface area contributed by atoms with E-state index in [1.165, 1.54) is 0 Å². The lowest BCUT2D eigenvalue weighted by molar-refractivity contribution is -0.147. The van der Waals surface area contributed by atoms with Crippen LogP contribution in [0.5, 0.6) is 5.75 Å². The van der Waals surface area contributed by atoms with E-state index in [0.717, 1.165) is 27.9 Å². The van der Waals surface area contributed by atoms with Crippen LogP contribution in [0.2, 0.25) is 0 Å². The zero-order valence-corrected chi connectivity index (χ0v) is 24.0. The fraction of sp³-hybridized carbons (Fsp3) is 0.500. The molecule has 1 saturated carbocycles. The molecule has 1 aliphatic heterocycles. The van der Waals surface area contributed by atoms with Gasteiger partial charge in [0.1, 0.15) is 5.75 Å². The van der Waals surface area contributed by atoms with E-state index in [1.807, 2.05) is 46.8 Å². The van der Waals surface area contributed by atoms with Gasteiger partial charge >= 0.3 is 0 Å². The molecule has 2 heterocycles. The molecule has 9 heteroatoms. The van der Waals surface area contributed by atoms with Gasteiger partial charge in [-0.2, -0.15) is 0 Å². The predicted octanol–water partition coefficient (Wildman–Crippen LogP) is 4.57. The number of rotatable bonds is 7. The fourth-order valence-corrected chi connectivity index (χ4v) is 7.27. The maximum atomic E-state index is 13.4. The summed E-state index contributed by atoms with van der Waals surface area (Å²) in [4.78, 5) is 15.5. The minimum absolute atomic E-state index is 0.0544. The van der Waals surface area contributed by atoms with Crippen LogP contribution in [0.15, 0.2) is 53.4 Å². The number of benzene rings is 2. The molecule has 2 aromatic carbocycles. The highest BCUT2D eigenvalue weighted by Crippen LogP contribution is 2.32. The molecule has 1 amide bonds. The van der Waals surface area contributed by atoms with Crippen molar-refractivity contribution < 1.29 is 22.7 Å². The lowest BCUT2D eigenvalue weighted by atomic mass is 9.85. The molecular formula is C30H39N3O5S. The Kier molecular flexibility index (Phi) is 8.03. The first kappa shape index (κ1) is 27.7. The van der Waals surface area contributed by atoms with Gasteiger partial charge in [0.05, 0.1) is 31.3 Å². The van der Waals surface area contributed by atoms with E-state index in [1.54, 1.807) is 19.2 Å². The molecule has 3 aromatic rings. The van der Waals surface area contributed by atoms with Gasteiger partial charge in [0.15, 0.2) is 0 Å². The number of nitrogens with zero attached hydrogens (tertiary/aromatic N) is 2. The molecule has 1 unspecified atom stereocenters. The third-order valence-electron chi connectivity index (χ3n) is 8.33. The molecular weight excluding hydrogens is 514 g/mol. The number of amides is 1. The van der Waals surface area contributed by atoms with Gasteiger partial charge in [0.25, 0.3) is 0 Å². The molecule has 1 aliphatic carbocycles. The number of nitrogens with one attached hydrogen (secondary N) is 1. The van der Waals surface area contributed by atoms with E-state index in [-0.39, 0.29) is 28.8 Å². The fourth-order valence-electron chi connectivity index (χ4n) is 5.94. The number of fused-ring (bicyclic) bond motifs is 1. The van der Waals surface area contributed by atoms with Crippen LogP contribution in [-0.2, 0) is 26.6 Å². The first-order valence-corrected chi connectivity index (χ1v) is 15.3. The lowest BCUT2D eigenvalue weighted by Crippen LogP contribution is -2.53. The van der Waals surface area contributed by atoms with E-state index in [9.17, 15) is 13.2 Å². The second-order valence-corrected chi connectivity index (χ2v) is 12.8. The molecule has 1 saturated heterocycles. The third kappa shape index (κ3) is 5.71. The van der Waals surface area contributed by atoms with E-state index in [0.29, 0.717) is 51.4 Å². The summed E-state index contributed by atoms with van der Waals surface area (Å²) >= 11 is 0. The number of methoxy groups -OCH3 is 1. The molecule has 0 bridgehead atoms. The highest BCUT2D eigenvalue weighted by Gasteiger charge is 2.36. The summed E-state index contributed by atoms with van der Waals surface area (Å²) in [6.45, 7) is 6.05. The summed E-state index contributed by atoms with van der Waals surface area (Å²) in [5, 5.41) is 0.976. The van der Waals surface area contributed by atoms with Crippen molar-refractivity contribution in [2.45, 2.75) is 56.5 Å². The van der Waals surface area contributed by atoms with Crippen molar-refractivity contribution in [2.24, 2.45) is 18.9 Å². The zero-order valence-electron chi connectivity index (χ0n) is 23.2. The highest BCUT2D eigenvalue weighted by atomic mass is 32.2. The van der Waals surface area contributed by atoms with Crippen molar-refractivity contribution in [1.82, 2.24) is 14.2 Å². The molecule has 2 fully saturated rings. The quantitative estimate of drug-likeness (QED) is 0.463. The Bertz CT molecular complexity index is 1420. The van der Waals surface area contributed by atoms with Crippen LogP contribution in [0.3, 0.4) is 0 Å². The van der Waals surface area contributed by atoms with Gasteiger partial charge in [0, 0.05) is 42.1 Å². The molecule has 8 nitrogen and oxygen atoms in total. The Morgan fingerprint density at radius 1 is 1.05 bits per heavy atom. The van der Waals surface area contributed by atoms with Gasteiger partial charge < -0.3 is 18.9 Å². The molecule has 1 atom stereocenters. The van der Waals surface area contributed by atoms with Crippen LogP contribution in [-0.4, -0.2) is 62.7 Å². The Balaban J connectivity index is 1.26. The number of carbonyl (C=O) groups excluding carboxylic acids is 1. The largest absolute Gasteiger partial charge is 0.497 e. The van der Waals surface area contributed by atoms with Gasteiger partial charge in [-0.15, -0.1) is 0 Å². The maximum absolute atomic E-state index is 13.4. The van der Waals surface area contributed by atoms with E-state index in [4.69, 9.17) is 9.47 Å². The van der Waals surface area contributed by atoms with Crippen molar-refractivity contribution in [3.63, 3.8) is 0 Å². The number of ether oxygens (including phenoxy) is 2. The summed E-state index contributed by atoms with van der Waals surface area (Å²) in [6, 6.07) is 15.1. The first-order valence-electron chi connectivity index (χ1n) is 13.8. The van der Waals surface area contributed by atoms with Crippen LogP contribution in [0.25, 0.3) is 22.2 Å². The first-order chi connectivity index (χ1) is 18.7. The summed E-state index contributed by atoms with van der Waals surface area (Å²) < 4.78 is 42.5. The molecule has 39 heavy (non-hydrogen) atoms. The predicted molar refractivity (Wildman–Crippen MR) is 152 cm³/mol. The van der Waals surface area contributed by atoms with Crippen molar-refractivity contribution in [1.29, 1.82) is 0 Å². The second kappa shape index (κ2) is 11.3. The van der Waals surface area contributed by atoms with E-state index < -0.39 is 10.0 Å². The smallest absolute Gasteiger partial charge is 0.240 e. The number of morpholine rings is 1. The van der Waals surface area contributed by atoms with Crippen LogP contribution >= 0.6 is 0 Å². The second-order valence-electron chi connectivity index (χ2n) is 11.1. The number of hydrogen-bond donors (Lipinski definition) is 1. The topological polar surface area (TPSA) is 89.9 Å². The third-order valence-corrected chi connectivity index (χ3v) is 9.85. The van der Waals surface area contributed by atoms with Crippen molar-refractivity contribution in [2.75, 3.05) is 26.9 Å². The molecule has 2 aliphatic rings. The van der Waals surface area contributed by atoms with Crippen molar-refractivity contribution >= 4 is 26.8 Å². The van der Waals surface area contributed by atoms with E-state index >= 15 is 0 Å². The SMILES string of the molecule is COc1ccc(-c2cc3ccc(S(=O)(=O)NC4CCC(C(=O)N5CCOCC5C(C)C)CC4)cc3n2C)cc1. The summed E-state index contributed by atoms with van der Waals surface area (Å²) in [6.07, 6.45) is 2.69. The molecule has 1 aromatic heterocycles. The molecule has 210 valence electrons. The number of carbonyl (C=O) groups is 1. The highest BCUT2D eigenvalue weighted by molar-refractivity contribution is 7.89. The van der Waals surface area contributed by atoms with E-state index in [2.05, 4.69) is 24.6 Å². The van der Waals surface area contributed by atoms with Crippen LogP contribution in [0.1, 0.15) is 39.5 Å². The molecule has 0 radical (unpaired) electrons. The normalized spacial score (nSPS) is 22.4. The standard InChI is InChI=1S/C30H39N3O5S/c1-20(2)29-19-38-16-15-33(29)30(34)22-5-10-24(11-6-22)31-39(35,36)26-14-9-23-17-27(32(3)28(23)18-26)21-7-12-25(37-4)13-8-21/h7-9,12-14,17-18,20,22,24,29,31H,5-6,10-11,15-16,19H2,1-4H3. The summed E-state index contributed by atoms with van der Waals surface area (Å²) in [5.74, 6) is 1.27. The average Bonchev–Trinajstić information content (AvgIpc) is 3.28. The molecule has 1 N–H and O–H groups in total. The Hall–Kier alpha value is -2.88. The van der Waals surface area contributed by atoms with Crippen LogP contribution < -0.4 is 9.46 Å². The molecule has 0 spiro atoms. The van der Waals surface area contributed by atoms with Gasteiger partial charge in [-0.1, -0.05) is 19.9 Å². The van der Waals surface area contributed by atoms with Gasteiger partial charge in [-0.3, -0.25) is 4.79 Å². The number of sulfonamides is 1.